The number of aromatic amines is 1. The van der Waals surface area contributed by atoms with Crippen LogP contribution in [0.2, 0.25) is 0 Å². The van der Waals surface area contributed by atoms with Gasteiger partial charge in [-0.05, 0) is 0 Å². The molecule has 6 nitrogen and oxygen atoms in total. The lowest BCUT2D eigenvalue weighted by atomic mass is 10.5. The summed E-state index contributed by atoms with van der Waals surface area (Å²) >= 11 is 0. The van der Waals surface area contributed by atoms with E-state index in [4.69, 9.17) is 15.3 Å². The maximum Gasteiger partial charge on any atom is 0.353 e. The first-order valence-corrected chi connectivity index (χ1v) is 2.75. The lowest BCUT2D eigenvalue weighted by Crippen LogP contribution is -2.00. The highest BCUT2D eigenvalue weighted by Gasteiger charge is 2.10. The molecule has 0 amide bonds. The van der Waals surface area contributed by atoms with Crippen molar-refractivity contribution in [3.8, 4) is 0 Å². The van der Waals surface area contributed by atoms with E-state index in [9.17, 15) is 4.79 Å². The predicted octanol–water partition coefficient (Wildman–Crippen LogP) is -0.909. The minimum Gasteiger partial charge on any atom is -0.477 e. The van der Waals surface area contributed by atoms with Crippen molar-refractivity contribution >= 4 is 5.97 Å². The van der Waals surface area contributed by atoms with Gasteiger partial charge in [-0.1, -0.05) is 0 Å². The average molecular weight is 158 g/mol. The van der Waals surface area contributed by atoms with Gasteiger partial charge >= 0.3 is 5.97 Å². The summed E-state index contributed by atoms with van der Waals surface area (Å²) in [7, 11) is 0. The van der Waals surface area contributed by atoms with Crippen LogP contribution in [-0.2, 0) is 0 Å². The van der Waals surface area contributed by atoms with Crippen molar-refractivity contribution in [2.24, 2.45) is 0 Å². The van der Waals surface area contributed by atoms with Crippen LogP contribution in [0.25, 0.3) is 0 Å². The maximum atomic E-state index is 10.2. The van der Waals surface area contributed by atoms with E-state index in [2.05, 4.69) is 9.97 Å². The summed E-state index contributed by atoms with van der Waals surface area (Å²) in [5, 5.41) is 25.3. The van der Waals surface area contributed by atoms with Crippen LogP contribution >= 0.6 is 0 Å². The monoisotopic (exact) mass is 158 g/mol. The highest BCUT2D eigenvalue weighted by molar-refractivity contribution is 5.84. The Labute approximate surface area is 61.1 Å². The minimum atomic E-state index is -1.76. The lowest BCUT2D eigenvalue weighted by Gasteiger charge is -1.94. The molecule has 1 heterocycles. The molecule has 0 aromatic carbocycles. The topological polar surface area (TPSA) is 106 Å². The van der Waals surface area contributed by atoms with E-state index in [1.807, 2.05) is 0 Å². The average Bonchev–Trinajstić information content (AvgIpc) is 2.33. The molecule has 1 aromatic rings. The zero-order valence-corrected chi connectivity index (χ0v) is 5.35. The second-order valence-corrected chi connectivity index (χ2v) is 1.86. The van der Waals surface area contributed by atoms with Crippen molar-refractivity contribution in [1.29, 1.82) is 0 Å². The van der Waals surface area contributed by atoms with Crippen LogP contribution in [-0.4, -0.2) is 31.3 Å². The van der Waals surface area contributed by atoms with Crippen LogP contribution in [0.15, 0.2) is 6.20 Å². The summed E-state index contributed by atoms with van der Waals surface area (Å²) in [4.78, 5) is 15.8. The number of rotatable bonds is 2. The number of carbonyl (C=O) groups is 1. The molecule has 60 valence electrons. The van der Waals surface area contributed by atoms with Gasteiger partial charge in [0.15, 0.2) is 5.82 Å². The van der Waals surface area contributed by atoms with Gasteiger partial charge in [0.1, 0.15) is 5.69 Å². The quantitative estimate of drug-likeness (QED) is 0.417. The number of imidazole rings is 1. The number of aromatic carboxylic acids is 1. The third-order valence-corrected chi connectivity index (χ3v) is 1.07. The molecule has 11 heavy (non-hydrogen) atoms. The molecule has 0 aliphatic carbocycles. The maximum absolute atomic E-state index is 10.2. The minimum absolute atomic E-state index is 0.173. The Morgan fingerprint density at radius 1 is 1.64 bits per heavy atom. The fraction of sp³-hybridized carbons (Fsp3) is 0.200. The number of hydrogen-bond acceptors (Lipinski definition) is 4. The van der Waals surface area contributed by atoms with Crippen molar-refractivity contribution in [2.75, 3.05) is 0 Å². The van der Waals surface area contributed by atoms with Gasteiger partial charge in [0, 0.05) is 0 Å². The SMILES string of the molecule is O=C(O)c1cnc(C(O)O)[nH]1. The highest BCUT2D eigenvalue weighted by Crippen LogP contribution is 2.04. The molecule has 1 aromatic heterocycles. The van der Waals surface area contributed by atoms with E-state index in [0.29, 0.717) is 0 Å². The van der Waals surface area contributed by atoms with E-state index in [1.54, 1.807) is 0 Å². The van der Waals surface area contributed by atoms with Gasteiger partial charge in [-0.3, -0.25) is 0 Å². The fourth-order valence-electron chi connectivity index (χ4n) is 0.577. The largest absolute Gasteiger partial charge is 0.477 e. The Morgan fingerprint density at radius 3 is 2.55 bits per heavy atom. The Morgan fingerprint density at radius 2 is 2.27 bits per heavy atom. The zero-order chi connectivity index (χ0) is 8.43. The number of nitrogens with one attached hydrogen (secondary N) is 1. The predicted molar refractivity (Wildman–Crippen MR) is 32.7 cm³/mol. The van der Waals surface area contributed by atoms with Gasteiger partial charge in [0.25, 0.3) is 0 Å². The van der Waals surface area contributed by atoms with Crippen molar-refractivity contribution in [3.63, 3.8) is 0 Å². The van der Waals surface area contributed by atoms with Gasteiger partial charge in [-0.2, -0.15) is 0 Å². The third kappa shape index (κ3) is 1.54. The Balaban J connectivity index is 2.90. The second-order valence-electron chi connectivity index (χ2n) is 1.86. The van der Waals surface area contributed by atoms with Crippen LogP contribution in [0.4, 0.5) is 0 Å². The van der Waals surface area contributed by atoms with Crippen LogP contribution < -0.4 is 0 Å². The van der Waals surface area contributed by atoms with Gasteiger partial charge in [-0.15, -0.1) is 0 Å². The normalized spacial score (nSPS) is 10.5. The molecule has 0 radical (unpaired) electrons. The third-order valence-electron chi connectivity index (χ3n) is 1.07. The molecule has 0 fully saturated rings. The van der Waals surface area contributed by atoms with Crippen LogP contribution in [0.1, 0.15) is 22.6 Å². The summed E-state index contributed by atoms with van der Waals surface area (Å²) in [6.45, 7) is 0. The van der Waals surface area contributed by atoms with Gasteiger partial charge < -0.3 is 20.3 Å². The molecule has 0 aliphatic heterocycles. The first-order valence-electron chi connectivity index (χ1n) is 2.75. The van der Waals surface area contributed by atoms with Crippen LogP contribution in [0, 0.1) is 0 Å². The second kappa shape index (κ2) is 2.69. The van der Waals surface area contributed by atoms with E-state index in [1.165, 1.54) is 0 Å². The van der Waals surface area contributed by atoms with E-state index in [0.717, 1.165) is 6.20 Å². The van der Waals surface area contributed by atoms with Crippen molar-refractivity contribution in [3.05, 3.63) is 17.7 Å². The molecule has 0 saturated heterocycles. The van der Waals surface area contributed by atoms with Crippen molar-refractivity contribution in [1.82, 2.24) is 9.97 Å². The van der Waals surface area contributed by atoms with Gasteiger partial charge in [0.05, 0.1) is 6.20 Å². The molecule has 0 spiro atoms. The molecule has 6 heteroatoms. The number of carboxylic acid groups (broad SMARTS) is 1. The standard InChI is InChI=1S/C5H6N2O4/c8-4(9)2-1-6-3(7-2)5(10)11/h1,5,10-11H,(H,6,7)(H,8,9). The zero-order valence-electron chi connectivity index (χ0n) is 5.35. The number of nitrogens with zero attached hydrogens (tertiary/aromatic N) is 1. The molecule has 0 saturated carbocycles. The molecular weight excluding hydrogens is 152 g/mol. The van der Waals surface area contributed by atoms with Crippen LogP contribution in [0.3, 0.4) is 0 Å². The molecule has 0 unspecified atom stereocenters. The van der Waals surface area contributed by atoms with Crippen LogP contribution in [0.5, 0.6) is 0 Å². The Bertz CT molecular complexity index is 267. The molecule has 0 bridgehead atoms. The Hall–Kier alpha value is -1.40. The summed E-state index contributed by atoms with van der Waals surface area (Å²) in [5.74, 6) is -1.37. The molecule has 1 rings (SSSR count). The molecule has 0 aliphatic rings. The molecular formula is C5H6N2O4. The smallest absolute Gasteiger partial charge is 0.353 e. The number of aliphatic hydroxyl groups is 2. The van der Waals surface area contributed by atoms with E-state index in [-0.39, 0.29) is 11.5 Å². The molecule has 4 N–H and O–H groups in total. The summed E-state index contributed by atoms with van der Waals surface area (Å²) in [6.07, 6.45) is -0.750. The van der Waals surface area contributed by atoms with Crippen molar-refractivity contribution < 1.29 is 20.1 Å². The first kappa shape index (κ1) is 7.70. The fourth-order valence-corrected chi connectivity index (χ4v) is 0.577. The first-order chi connectivity index (χ1) is 5.11. The summed E-state index contributed by atoms with van der Waals surface area (Å²) in [6, 6.07) is 0. The van der Waals surface area contributed by atoms with Gasteiger partial charge in [-0.25, -0.2) is 9.78 Å². The number of hydrogen-bond donors (Lipinski definition) is 4. The number of aliphatic hydroxyl groups excluding tert-OH is 1. The molecule has 0 atom stereocenters. The highest BCUT2D eigenvalue weighted by atomic mass is 16.5. The Kier molecular flexibility index (Phi) is 1.88. The van der Waals surface area contributed by atoms with Crippen molar-refractivity contribution in [2.45, 2.75) is 6.29 Å². The number of aromatic nitrogens is 2. The van der Waals surface area contributed by atoms with E-state index >= 15 is 0 Å². The number of H-pyrrole nitrogens is 1. The van der Waals surface area contributed by atoms with Gasteiger partial charge in [0.2, 0.25) is 6.29 Å². The summed E-state index contributed by atoms with van der Waals surface area (Å²) in [5.41, 5.74) is -0.173. The van der Waals surface area contributed by atoms with E-state index < -0.39 is 12.3 Å². The number of carboxylic acids is 1. The summed E-state index contributed by atoms with van der Waals surface area (Å²) < 4.78 is 0. The lowest BCUT2D eigenvalue weighted by molar-refractivity contribution is -0.0488.